The van der Waals surface area contributed by atoms with Gasteiger partial charge in [-0.1, -0.05) is 13.3 Å². The molecule has 7 nitrogen and oxygen atoms in total. The van der Waals surface area contributed by atoms with Gasteiger partial charge in [0.2, 0.25) is 0 Å². The molecule has 1 N–H and O–H groups in total. The summed E-state index contributed by atoms with van der Waals surface area (Å²) in [6.45, 7) is 7.39. The maximum atomic E-state index is 13.1. The fraction of sp³-hybridized carbons (Fsp3) is 0.526. The van der Waals surface area contributed by atoms with Crippen molar-refractivity contribution < 1.29 is 18.7 Å². The van der Waals surface area contributed by atoms with Crippen molar-refractivity contribution in [3.05, 3.63) is 36.1 Å². The van der Waals surface area contributed by atoms with E-state index in [-0.39, 0.29) is 18.7 Å². The number of ether oxygens (including phenoxy) is 2. The first-order valence-electron chi connectivity index (χ1n) is 9.04. The molecule has 8 heteroatoms. The number of nitrogens with zero attached hydrogens (tertiary/aromatic N) is 3. The third-order valence-corrected chi connectivity index (χ3v) is 3.54. The van der Waals surface area contributed by atoms with E-state index in [9.17, 15) is 9.18 Å². The largest absolute Gasteiger partial charge is 0.487 e. The number of carbonyl (C=O) groups excluding carboxylic acids is 1. The molecule has 2 rings (SSSR count). The highest BCUT2D eigenvalue weighted by atomic mass is 19.1. The zero-order valence-electron chi connectivity index (χ0n) is 16.3. The zero-order chi connectivity index (χ0) is 19.9. The molecule has 0 unspecified atom stereocenters. The number of alkyl carbamates (subject to hydrolysis) is 1. The average molecular weight is 378 g/mol. The average Bonchev–Trinajstić information content (AvgIpc) is 3.00. The van der Waals surface area contributed by atoms with Crippen LogP contribution in [0.4, 0.5) is 9.18 Å². The molecule has 0 radical (unpaired) electrons. The van der Waals surface area contributed by atoms with E-state index < -0.39 is 11.7 Å². The number of nitrogens with one attached hydrogen (secondary N) is 1. The van der Waals surface area contributed by atoms with Crippen LogP contribution in [0.15, 0.2) is 30.2 Å². The monoisotopic (exact) mass is 378 g/mol. The van der Waals surface area contributed by atoms with Gasteiger partial charge in [0.15, 0.2) is 11.5 Å². The molecular formula is C19H27FN4O3. The van der Waals surface area contributed by atoms with E-state index in [0.717, 1.165) is 30.7 Å². The lowest BCUT2D eigenvalue weighted by Gasteiger charge is -2.20. The smallest absolute Gasteiger partial charge is 0.407 e. The van der Waals surface area contributed by atoms with Crippen LogP contribution in [-0.2, 0) is 11.2 Å². The Kier molecular flexibility index (Phi) is 7.15. The lowest BCUT2D eigenvalue weighted by Crippen LogP contribution is -2.34. The Morgan fingerprint density at radius 1 is 1.37 bits per heavy atom. The van der Waals surface area contributed by atoms with Gasteiger partial charge in [-0.25, -0.2) is 18.7 Å². The van der Waals surface area contributed by atoms with Gasteiger partial charge in [0.1, 0.15) is 18.0 Å². The summed E-state index contributed by atoms with van der Waals surface area (Å²) >= 11 is 0. The molecule has 2 heterocycles. The van der Waals surface area contributed by atoms with Gasteiger partial charge >= 0.3 is 6.09 Å². The molecule has 0 aliphatic heterocycles. The van der Waals surface area contributed by atoms with Crippen LogP contribution in [0, 0.1) is 0 Å². The lowest BCUT2D eigenvalue weighted by molar-refractivity contribution is 0.0531. The van der Waals surface area contributed by atoms with Crippen LogP contribution in [0.2, 0.25) is 0 Å². The molecule has 0 aliphatic rings. The molecule has 148 valence electrons. The Morgan fingerprint density at radius 3 is 2.81 bits per heavy atom. The summed E-state index contributed by atoms with van der Waals surface area (Å²) in [5.74, 6) is 1.32. The first kappa shape index (κ1) is 20.7. The Balaban J connectivity index is 1.89. The minimum atomic E-state index is -0.608. The number of hydrogen-bond acceptors (Lipinski definition) is 5. The molecule has 1 amide bonds. The predicted octanol–water partition coefficient (Wildman–Crippen LogP) is 3.83. The number of pyridine rings is 1. The standard InChI is InChI=1S/C19H27FN4O3/c1-5-6-7-16-22-17-9-8-15(12-24(17)23-16)26-13-14(10-20)11-21-18(25)27-19(2,3)4/h8-10,12H,5-7,11,13H2,1-4H3,(H,21,25)/b14-10+. The molecule has 0 saturated carbocycles. The third kappa shape index (κ3) is 6.88. The van der Waals surface area contributed by atoms with Gasteiger partial charge in [-0.15, -0.1) is 0 Å². The molecular weight excluding hydrogens is 351 g/mol. The lowest BCUT2D eigenvalue weighted by atomic mass is 10.2. The number of halogens is 1. The van der Waals surface area contributed by atoms with E-state index in [1.54, 1.807) is 43.6 Å². The maximum absolute atomic E-state index is 13.1. The second-order valence-electron chi connectivity index (χ2n) is 7.21. The van der Waals surface area contributed by atoms with Crippen molar-refractivity contribution in [3.8, 4) is 5.75 Å². The highest BCUT2D eigenvalue weighted by molar-refractivity contribution is 5.68. The topological polar surface area (TPSA) is 77.8 Å². The highest BCUT2D eigenvalue weighted by Crippen LogP contribution is 2.14. The molecule has 2 aromatic heterocycles. The van der Waals surface area contributed by atoms with Crippen LogP contribution in [0.25, 0.3) is 5.65 Å². The number of fused-ring (bicyclic) bond motifs is 1. The van der Waals surface area contributed by atoms with Gasteiger partial charge in [-0.3, -0.25) is 0 Å². The molecule has 0 atom stereocenters. The van der Waals surface area contributed by atoms with Crippen molar-refractivity contribution in [1.29, 1.82) is 0 Å². The van der Waals surface area contributed by atoms with Crippen molar-refractivity contribution >= 4 is 11.7 Å². The second-order valence-corrected chi connectivity index (χ2v) is 7.21. The van der Waals surface area contributed by atoms with Gasteiger partial charge in [0, 0.05) is 18.5 Å². The normalized spacial score (nSPS) is 12.3. The first-order valence-corrected chi connectivity index (χ1v) is 9.04. The van der Waals surface area contributed by atoms with E-state index in [1.807, 2.05) is 0 Å². The second kappa shape index (κ2) is 9.34. The Morgan fingerprint density at radius 2 is 2.15 bits per heavy atom. The molecule has 2 aromatic rings. The van der Waals surface area contributed by atoms with Crippen LogP contribution in [0.3, 0.4) is 0 Å². The van der Waals surface area contributed by atoms with Crippen molar-refractivity contribution in [3.63, 3.8) is 0 Å². The number of hydrogen-bond donors (Lipinski definition) is 1. The van der Waals surface area contributed by atoms with Crippen LogP contribution in [0.5, 0.6) is 5.75 Å². The third-order valence-electron chi connectivity index (χ3n) is 3.54. The van der Waals surface area contributed by atoms with E-state index in [2.05, 4.69) is 22.3 Å². The fourth-order valence-corrected chi connectivity index (χ4v) is 2.23. The molecule has 0 aromatic carbocycles. The van der Waals surface area contributed by atoms with Crippen molar-refractivity contribution in [1.82, 2.24) is 19.9 Å². The Bertz CT molecular complexity index is 796. The summed E-state index contributed by atoms with van der Waals surface area (Å²) in [4.78, 5) is 16.1. The van der Waals surface area contributed by atoms with Crippen molar-refractivity contribution in [2.45, 2.75) is 52.6 Å². The van der Waals surface area contributed by atoms with Crippen molar-refractivity contribution in [2.75, 3.05) is 13.2 Å². The van der Waals surface area contributed by atoms with Crippen LogP contribution >= 0.6 is 0 Å². The van der Waals surface area contributed by atoms with Gasteiger partial charge in [-0.2, -0.15) is 5.10 Å². The summed E-state index contributed by atoms with van der Waals surface area (Å²) in [7, 11) is 0. The number of rotatable bonds is 8. The minimum absolute atomic E-state index is 0.00184. The van der Waals surface area contributed by atoms with Crippen LogP contribution < -0.4 is 10.1 Å². The summed E-state index contributed by atoms with van der Waals surface area (Å²) in [5.41, 5.74) is 0.410. The predicted molar refractivity (Wildman–Crippen MR) is 101 cm³/mol. The number of amides is 1. The fourth-order valence-electron chi connectivity index (χ4n) is 2.23. The number of carbonyl (C=O) groups is 1. The van der Waals surface area contributed by atoms with E-state index >= 15 is 0 Å². The summed E-state index contributed by atoms with van der Waals surface area (Å²) < 4.78 is 25.4. The molecule has 0 spiro atoms. The molecule has 0 aliphatic carbocycles. The van der Waals surface area contributed by atoms with E-state index in [1.165, 1.54) is 0 Å². The maximum Gasteiger partial charge on any atom is 0.407 e. The van der Waals surface area contributed by atoms with Gasteiger partial charge in [0.25, 0.3) is 0 Å². The first-order chi connectivity index (χ1) is 12.8. The van der Waals surface area contributed by atoms with Crippen molar-refractivity contribution in [2.24, 2.45) is 0 Å². The Labute approximate surface area is 158 Å². The molecule has 0 fully saturated rings. The summed E-state index contributed by atoms with van der Waals surface area (Å²) in [6.07, 6.45) is 4.48. The summed E-state index contributed by atoms with van der Waals surface area (Å²) in [6, 6.07) is 3.56. The van der Waals surface area contributed by atoms with Crippen LogP contribution in [-0.4, -0.2) is 39.4 Å². The van der Waals surface area contributed by atoms with Gasteiger partial charge < -0.3 is 14.8 Å². The molecule has 0 saturated heterocycles. The zero-order valence-corrected chi connectivity index (χ0v) is 16.3. The molecule has 0 bridgehead atoms. The number of aryl methyl sites for hydroxylation is 1. The van der Waals surface area contributed by atoms with E-state index in [4.69, 9.17) is 9.47 Å². The van der Waals surface area contributed by atoms with E-state index in [0.29, 0.717) is 12.1 Å². The number of aromatic nitrogens is 3. The highest BCUT2D eigenvalue weighted by Gasteiger charge is 2.16. The number of unbranched alkanes of at least 4 members (excludes halogenated alkanes) is 1. The van der Waals surface area contributed by atoms with Crippen LogP contribution in [0.1, 0.15) is 46.4 Å². The van der Waals surface area contributed by atoms with Gasteiger partial charge in [0.05, 0.1) is 12.5 Å². The SMILES string of the molecule is CCCCc1nc2ccc(OC/C(=C/F)CNC(=O)OC(C)(C)C)cn2n1. The summed E-state index contributed by atoms with van der Waals surface area (Å²) in [5, 5.41) is 6.92. The molecule has 27 heavy (non-hydrogen) atoms. The Hall–Kier alpha value is -2.64. The quantitative estimate of drug-likeness (QED) is 0.755. The van der Waals surface area contributed by atoms with Gasteiger partial charge in [-0.05, 0) is 39.3 Å². The minimum Gasteiger partial charge on any atom is -0.487 e.